The van der Waals surface area contributed by atoms with Crippen molar-refractivity contribution in [1.82, 2.24) is 10.6 Å². The van der Waals surface area contributed by atoms with Crippen molar-refractivity contribution in [2.45, 2.75) is 44.8 Å². The molecule has 0 heterocycles. The molecule has 2 rings (SSSR count). The van der Waals surface area contributed by atoms with Crippen molar-refractivity contribution in [3.05, 3.63) is 70.2 Å². The maximum Gasteiger partial charge on any atom is 0.407 e. The van der Waals surface area contributed by atoms with Gasteiger partial charge in [0.05, 0.1) is 7.11 Å². The molecule has 0 saturated carbocycles. The summed E-state index contributed by atoms with van der Waals surface area (Å²) in [4.78, 5) is 36.0. The molecule has 0 unspecified atom stereocenters. The predicted molar refractivity (Wildman–Crippen MR) is 125 cm³/mol. The molecule has 2 aromatic carbocycles. The Morgan fingerprint density at radius 3 is 2.44 bits per heavy atom. The maximum absolute atomic E-state index is 12.3. The number of amides is 2. The lowest BCUT2D eigenvalue weighted by Crippen LogP contribution is -2.43. The Bertz CT molecular complexity index is 876. The fraction of sp³-hybridized carbons (Fsp3) is 0.375. The van der Waals surface area contributed by atoms with Crippen LogP contribution >= 0.6 is 15.9 Å². The molecule has 0 saturated heterocycles. The summed E-state index contributed by atoms with van der Waals surface area (Å²) in [5.41, 5.74) is 1.85. The summed E-state index contributed by atoms with van der Waals surface area (Å²) in [5, 5.41) is 5.46. The van der Waals surface area contributed by atoms with Gasteiger partial charge in [0.25, 0.3) is 0 Å². The second-order valence-electron chi connectivity index (χ2n) is 7.28. The fourth-order valence-electron chi connectivity index (χ4n) is 3.05. The number of carbonyl (C=O) groups is 3. The lowest BCUT2D eigenvalue weighted by atomic mass is 10.1. The lowest BCUT2D eigenvalue weighted by molar-refractivity contribution is -0.145. The first kappa shape index (κ1) is 25.4. The van der Waals surface area contributed by atoms with Gasteiger partial charge >= 0.3 is 12.1 Å². The number of carbonyl (C=O) groups excluding carboxylic acids is 3. The summed E-state index contributed by atoms with van der Waals surface area (Å²) < 4.78 is 10.9. The zero-order chi connectivity index (χ0) is 23.2. The standard InChI is InChI=1S/C24H29BrN2O5/c1-31-23(29)21(16-19-11-8-12-20(25)15-19)27-22(28)13-6-3-7-14-26-24(30)32-17-18-9-4-2-5-10-18/h2,4-5,8-12,15,21H,3,6-7,13-14,16-17H2,1H3,(H,26,30)(H,27,28)/t21-/m1/s1. The maximum atomic E-state index is 12.3. The third kappa shape index (κ3) is 9.96. The average molecular weight is 505 g/mol. The number of methoxy groups -OCH3 is 1. The number of hydrogen-bond acceptors (Lipinski definition) is 5. The normalized spacial score (nSPS) is 11.3. The Morgan fingerprint density at radius 2 is 1.72 bits per heavy atom. The van der Waals surface area contributed by atoms with Crippen LogP contribution in [-0.4, -0.2) is 37.7 Å². The van der Waals surface area contributed by atoms with Crippen LogP contribution in [0, 0.1) is 0 Å². The minimum absolute atomic E-state index is 0.203. The van der Waals surface area contributed by atoms with Crippen LogP contribution in [0.5, 0.6) is 0 Å². The molecule has 1 atom stereocenters. The minimum atomic E-state index is -0.733. The molecular formula is C24H29BrN2O5. The Balaban J connectivity index is 1.61. The molecule has 8 heteroatoms. The van der Waals surface area contributed by atoms with E-state index in [1.807, 2.05) is 54.6 Å². The molecule has 0 aliphatic heterocycles. The molecule has 7 nitrogen and oxygen atoms in total. The summed E-state index contributed by atoms with van der Waals surface area (Å²) >= 11 is 3.40. The number of alkyl carbamates (subject to hydrolysis) is 1. The van der Waals surface area contributed by atoms with E-state index in [9.17, 15) is 14.4 Å². The molecule has 0 aromatic heterocycles. The number of halogens is 1. The topological polar surface area (TPSA) is 93.7 Å². The van der Waals surface area contributed by atoms with Gasteiger partial charge < -0.3 is 20.1 Å². The Hall–Kier alpha value is -2.87. The zero-order valence-corrected chi connectivity index (χ0v) is 19.7. The van der Waals surface area contributed by atoms with Crippen molar-refractivity contribution in [3.63, 3.8) is 0 Å². The van der Waals surface area contributed by atoms with E-state index in [1.54, 1.807) is 0 Å². The van der Waals surface area contributed by atoms with Crippen molar-refractivity contribution < 1.29 is 23.9 Å². The number of rotatable bonds is 12. The van der Waals surface area contributed by atoms with E-state index in [2.05, 4.69) is 26.6 Å². The molecular weight excluding hydrogens is 476 g/mol. The number of nitrogens with one attached hydrogen (secondary N) is 2. The molecule has 0 aliphatic carbocycles. The molecule has 0 spiro atoms. The molecule has 172 valence electrons. The van der Waals surface area contributed by atoms with Gasteiger partial charge in [0.1, 0.15) is 12.6 Å². The molecule has 2 aromatic rings. The van der Waals surface area contributed by atoms with Crippen molar-refractivity contribution in [2.24, 2.45) is 0 Å². The first-order valence-electron chi connectivity index (χ1n) is 10.5. The molecule has 32 heavy (non-hydrogen) atoms. The Labute approximate surface area is 197 Å². The molecule has 0 radical (unpaired) electrons. The number of hydrogen-bond donors (Lipinski definition) is 2. The molecule has 0 bridgehead atoms. The van der Waals surface area contributed by atoms with Crippen LogP contribution in [0.1, 0.15) is 36.8 Å². The molecule has 0 fully saturated rings. The fourth-order valence-corrected chi connectivity index (χ4v) is 3.50. The van der Waals surface area contributed by atoms with Crippen LogP contribution < -0.4 is 10.6 Å². The SMILES string of the molecule is COC(=O)[C@@H](Cc1cccc(Br)c1)NC(=O)CCCCCNC(=O)OCc1ccccc1. The van der Waals surface area contributed by atoms with Crippen molar-refractivity contribution in [1.29, 1.82) is 0 Å². The van der Waals surface area contributed by atoms with Gasteiger partial charge in [0, 0.05) is 23.9 Å². The largest absolute Gasteiger partial charge is 0.467 e. The molecule has 0 aliphatic rings. The quantitative estimate of drug-likeness (QED) is 0.334. The van der Waals surface area contributed by atoms with Gasteiger partial charge in [0.15, 0.2) is 0 Å². The third-order valence-electron chi connectivity index (χ3n) is 4.71. The van der Waals surface area contributed by atoms with Crippen LogP contribution in [0.3, 0.4) is 0 Å². The number of esters is 1. The molecule has 2 amide bonds. The highest BCUT2D eigenvalue weighted by atomic mass is 79.9. The van der Waals surface area contributed by atoms with E-state index in [0.29, 0.717) is 25.8 Å². The van der Waals surface area contributed by atoms with Gasteiger partial charge in [0.2, 0.25) is 5.91 Å². The van der Waals surface area contributed by atoms with Gasteiger partial charge in [-0.2, -0.15) is 0 Å². The highest BCUT2D eigenvalue weighted by molar-refractivity contribution is 9.10. The summed E-state index contributed by atoms with van der Waals surface area (Å²) in [6, 6.07) is 16.3. The van der Waals surface area contributed by atoms with E-state index >= 15 is 0 Å². The van der Waals surface area contributed by atoms with Gasteiger partial charge in [-0.15, -0.1) is 0 Å². The predicted octanol–water partition coefficient (Wildman–Crippen LogP) is 4.14. The Kier molecular flexibility index (Phi) is 11.3. The van der Waals surface area contributed by atoms with Crippen LogP contribution in [0.25, 0.3) is 0 Å². The Morgan fingerprint density at radius 1 is 0.969 bits per heavy atom. The third-order valence-corrected chi connectivity index (χ3v) is 5.21. The van der Waals surface area contributed by atoms with Gasteiger partial charge in [-0.25, -0.2) is 9.59 Å². The first-order chi connectivity index (χ1) is 15.5. The number of benzene rings is 2. The van der Waals surface area contributed by atoms with E-state index < -0.39 is 18.1 Å². The van der Waals surface area contributed by atoms with Gasteiger partial charge in [-0.05, 0) is 36.1 Å². The highest BCUT2D eigenvalue weighted by Gasteiger charge is 2.21. The van der Waals surface area contributed by atoms with Crippen LogP contribution in [0.2, 0.25) is 0 Å². The van der Waals surface area contributed by atoms with Crippen molar-refractivity contribution >= 4 is 33.9 Å². The number of unbranched alkanes of at least 4 members (excludes halogenated alkanes) is 2. The first-order valence-corrected chi connectivity index (χ1v) is 11.3. The molecule has 2 N–H and O–H groups in total. The minimum Gasteiger partial charge on any atom is -0.467 e. The second kappa shape index (κ2) is 14.2. The van der Waals surface area contributed by atoms with Crippen LogP contribution in [0.15, 0.2) is 59.1 Å². The van der Waals surface area contributed by atoms with E-state index in [4.69, 9.17) is 9.47 Å². The summed E-state index contributed by atoms with van der Waals surface area (Å²) in [6.45, 7) is 0.705. The van der Waals surface area contributed by atoms with E-state index in [-0.39, 0.29) is 12.5 Å². The van der Waals surface area contributed by atoms with Crippen LogP contribution in [-0.2, 0) is 32.1 Å². The monoisotopic (exact) mass is 504 g/mol. The number of ether oxygens (including phenoxy) is 2. The van der Waals surface area contributed by atoms with E-state index in [1.165, 1.54) is 7.11 Å². The smallest absolute Gasteiger partial charge is 0.407 e. The summed E-state index contributed by atoms with van der Waals surface area (Å²) in [5.74, 6) is -0.679. The second-order valence-corrected chi connectivity index (χ2v) is 8.19. The van der Waals surface area contributed by atoms with Crippen molar-refractivity contribution in [3.8, 4) is 0 Å². The van der Waals surface area contributed by atoms with Crippen molar-refractivity contribution in [2.75, 3.05) is 13.7 Å². The van der Waals surface area contributed by atoms with Crippen LogP contribution in [0.4, 0.5) is 4.79 Å². The summed E-state index contributed by atoms with van der Waals surface area (Å²) in [7, 11) is 1.31. The highest BCUT2D eigenvalue weighted by Crippen LogP contribution is 2.14. The van der Waals surface area contributed by atoms with Gasteiger partial charge in [-0.3, -0.25) is 4.79 Å². The average Bonchev–Trinajstić information content (AvgIpc) is 2.79. The lowest BCUT2D eigenvalue weighted by Gasteiger charge is -2.17. The summed E-state index contributed by atoms with van der Waals surface area (Å²) in [6.07, 6.45) is 2.34. The zero-order valence-electron chi connectivity index (χ0n) is 18.1. The van der Waals surface area contributed by atoms with Gasteiger partial charge in [-0.1, -0.05) is 64.8 Å². The van der Waals surface area contributed by atoms with E-state index in [0.717, 1.165) is 28.4 Å².